The van der Waals surface area contributed by atoms with Crippen molar-refractivity contribution in [2.75, 3.05) is 13.1 Å². The van der Waals surface area contributed by atoms with E-state index in [1.807, 2.05) is 42.2 Å². The quantitative estimate of drug-likeness (QED) is 0.465. The van der Waals surface area contributed by atoms with Crippen molar-refractivity contribution in [2.45, 2.75) is 26.3 Å². The van der Waals surface area contributed by atoms with Crippen LogP contribution in [0.1, 0.15) is 24.5 Å². The molecule has 6 heteroatoms. The molecule has 124 valence electrons. The normalized spacial score (nSPS) is 11.5. The van der Waals surface area contributed by atoms with Gasteiger partial charge in [-0.2, -0.15) is 5.10 Å². The fourth-order valence-electron chi connectivity index (χ4n) is 2.23. The lowest BCUT2D eigenvalue weighted by atomic mass is 10.2. The summed E-state index contributed by atoms with van der Waals surface area (Å²) in [5.41, 5.74) is 2.29. The number of hydrogen-bond donors (Lipinski definition) is 2. The second-order valence-electron chi connectivity index (χ2n) is 5.34. The van der Waals surface area contributed by atoms with Crippen LogP contribution in [-0.4, -0.2) is 28.8 Å². The van der Waals surface area contributed by atoms with Gasteiger partial charge in [0.2, 0.25) is 0 Å². The van der Waals surface area contributed by atoms with Crippen LogP contribution in [0.25, 0.3) is 0 Å². The monoisotopic (exact) mass is 333 g/mol. The van der Waals surface area contributed by atoms with Crippen molar-refractivity contribution in [1.29, 1.82) is 0 Å². The molecular formula is C17H24ClN5. The van der Waals surface area contributed by atoms with Crippen molar-refractivity contribution in [3.63, 3.8) is 0 Å². The highest BCUT2D eigenvalue weighted by Gasteiger charge is 2.01. The second kappa shape index (κ2) is 9.20. The number of nitrogens with one attached hydrogen (secondary N) is 2. The third kappa shape index (κ3) is 5.94. The Bertz CT molecular complexity index is 635. The highest BCUT2D eigenvalue weighted by molar-refractivity contribution is 6.31. The Morgan fingerprint density at radius 1 is 1.30 bits per heavy atom. The number of aliphatic imine (C=N–C) groups is 1. The summed E-state index contributed by atoms with van der Waals surface area (Å²) in [7, 11) is 1.94. The number of hydrogen-bond acceptors (Lipinski definition) is 2. The molecule has 0 saturated heterocycles. The summed E-state index contributed by atoms with van der Waals surface area (Å²) < 4.78 is 1.83. The predicted octanol–water partition coefficient (Wildman–Crippen LogP) is 2.76. The molecule has 2 N–H and O–H groups in total. The average Bonchev–Trinajstić information content (AvgIpc) is 2.96. The summed E-state index contributed by atoms with van der Waals surface area (Å²) in [6.45, 7) is 4.32. The molecule has 0 radical (unpaired) electrons. The summed E-state index contributed by atoms with van der Waals surface area (Å²) in [5.74, 6) is 0.818. The fourth-order valence-corrected chi connectivity index (χ4v) is 2.43. The Kier molecular flexibility index (Phi) is 6.94. The largest absolute Gasteiger partial charge is 0.357 e. The zero-order chi connectivity index (χ0) is 16.5. The van der Waals surface area contributed by atoms with Crippen LogP contribution in [0, 0.1) is 0 Å². The minimum absolute atomic E-state index is 0.567. The van der Waals surface area contributed by atoms with Gasteiger partial charge in [-0.1, -0.05) is 29.8 Å². The van der Waals surface area contributed by atoms with Crippen LogP contribution >= 0.6 is 11.6 Å². The van der Waals surface area contributed by atoms with E-state index < -0.39 is 0 Å². The zero-order valence-corrected chi connectivity index (χ0v) is 14.5. The summed E-state index contributed by atoms with van der Waals surface area (Å²) in [5, 5.41) is 11.5. The lowest BCUT2D eigenvalue weighted by molar-refractivity contribution is 0.740. The zero-order valence-electron chi connectivity index (χ0n) is 13.7. The van der Waals surface area contributed by atoms with Crippen molar-refractivity contribution in [3.8, 4) is 0 Å². The molecule has 0 amide bonds. The van der Waals surface area contributed by atoms with Gasteiger partial charge in [0.05, 0.1) is 12.7 Å². The Morgan fingerprint density at radius 2 is 2.13 bits per heavy atom. The van der Waals surface area contributed by atoms with Gasteiger partial charge >= 0.3 is 0 Å². The maximum Gasteiger partial charge on any atom is 0.191 e. The smallest absolute Gasteiger partial charge is 0.191 e. The molecule has 0 atom stereocenters. The minimum atomic E-state index is 0.567. The van der Waals surface area contributed by atoms with Gasteiger partial charge in [0.25, 0.3) is 0 Å². The number of aromatic nitrogens is 2. The van der Waals surface area contributed by atoms with Crippen LogP contribution in [-0.2, 0) is 20.0 Å². The molecule has 2 rings (SSSR count). The van der Waals surface area contributed by atoms with Gasteiger partial charge in [-0.05, 0) is 37.0 Å². The van der Waals surface area contributed by atoms with Gasteiger partial charge < -0.3 is 10.6 Å². The van der Waals surface area contributed by atoms with Crippen molar-refractivity contribution in [2.24, 2.45) is 12.0 Å². The second-order valence-corrected chi connectivity index (χ2v) is 5.75. The van der Waals surface area contributed by atoms with E-state index in [2.05, 4.69) is 33.8 Å². The molecule has 0 aliphatic heterocycles. The molecule has 5 nitrogen and oxygen atoms in total. The molecule has 1 aromatic heterocycles. The highest BCUT2D eigenvalue weighted by Crippen LogP contribution is 2.15. The van der Waals surface area contributed by atoms with Crippen LogP contribution < -0.4 is 10.6 Å². The van der Waals surface area contributed by atoms with Crippen molar-refractivity contribution in [1.82, 2.24) is 20.4 Å². The van der Waals surface area contributed by atoms with Gasteiger partial charge in [-0.3, -0.25) is 4.68 Å². The van der Waals surface area contributed by atoms with Gasteiger partial charge in [-0.15, -0.1) is 0 Å². The van der Waals surface area contributed by atoms with Crippen LogP contribution in [0.3, 0.4) is 0 Å². The van der Waals surface area contributed by atoms with Crippen LogP contribution in [0.15, 0.2) is 41.7 Å². The first-order chi connectivity index (χ1) is 11.2. The van der Waals surface area contributed by atoms with Gasteiger partial charge in [0.1, 0.15) is 0 Å². The molecule has 0 bridgehead atoms. The predicted molar refractivity (Wildman–Crippen MR) is 95.8 cm³/mol. The summed E-state index contributed by atoms with van der Waals surface area (Å²) in [6.07, 6.45) is 6.00. The standard InChI is InChI=1S/C17H24ClN5/c1-3-19-17(21-12-15-8-4-5-9-16(15)18)20-10-6-7-14-11-22-23(2)13-14/h4-5,8-9,11,13H,3,6-7,10,12H2,1-2H3,(H2,19,20,21). The molecule has 1 aromatic carbocycles. The number of halogens is 1. The van der Waals surface area contributed by atoms with Crippen molar-refractivity contribution in [3.05, 3.63) is 52.8 Å². The first-order valence-electron chi connectivity index (χ1n) is 7.92. The first-order valence-corrected chi connectivity index (χ1v) is 8.30. The number of aryl methyl sites for hydroxylation is 2. The molecule has 0 aliphatic carbocycles. The van der Waals surface area contributed by atoms with E-state index in [1.165, 1.54) is 5.56 Å². The van der Waals surface area contributed by atoms with Gasteiger partial charge in [0, 0.05) is 31.4 Å². The number of guanidine groups is 1. The van der Waals surface area contributed by atoms with E-state index >= 15 is 0 Å². The third-order valence-corrected chi connectivity index (χ3v) is 3.77. The average molecular weight is 334 g/mol. The minimum Gasteiger partial charge on any atom is -0.357 e. The van der Waals surface area contributed by atoms with Crippen molar-refractivity contribution < 1.29 is 0 Å². The Morgan fingerprint density at radius 3 is 2.83 bits per heavy atom. The van der Waals surface area contributed by atoms with E-state index in [0.29, 0.717) is 6.54 Å². The molecule has 2 aromatic rings. The van der Waals surface area contributed by atoms with Gasteiger partial charge in [0.15, 0.2) is 5.96 Å². The van der Waals surface area contributed by atoms with E-state index in [9.17, 15) is 0 Å². The molecule has 23 heavy (non-hydrogen) atoms. The Labute approximate surface area is 142 Å². The Balaban J connectivity index is 1.80. The molecule has 0 spiro atoms. The molecular weight excluding hydrogens is 310 g/mol. The maximum atomic E-state index is 6.16. The SMILES string of the molecule is CCNC(=NCc1ccccc1Cl)NCCCc1cnn(C)c1. The number of benzene rings is 1. The number of rotatable bonds is 7. The third-order valence-electron chi connectivity index (χ3n) is 3.40. The highest BCUT2D eigenvalue weighted by atomic mass is 35.5. The molecule has 0 saturated carbocycles. The topological polar surface area (TPSA) is 54.2 Å². The lowest BCUT2D eigenvalue weighted by Crippen LogP contribution is -2.37. The summed E-state index contributed by atoms with van der Waals surface area (Å²) in [6, 6.07) is 7.79. The molecule has 0 aliphatic rings. The van der Waals surface area contributed by atoms with E-state index in [1.54, 1.807) is 0 Å². The van der Waals surface area contributed by atoms with E-state index in [4.69, 9.17) is 11.6 Å². The lowest BCUT2D eigenvalue weighted by Gasteiger charge is -2.11. The van der Waals surface area contributed by atoms with Gasteiger partial charge in [-0.25, -0.2) is 4.99 Å². The van der Waals surface area contributed by atoms with Crippen LogP contribution in [0.4, 0.5) is 0 Å². The molecule has 0 fully saturated rings. The first kappa shape index (κ1) is 17.3. The molecule has 0 unspecified atom stereocenters. The summed E-state index contributed by atoms with van der Waals surface area (Å²) >= 11 is 6.16. The summed E-state index contributed by atoms with van der Waals surface area (Å²) in [4.78, 5) is 4.59. The molecule has 1 heterocycles. The fraction of sp³-hybridized carbons (Fsp3) is 0.412. The van der Waals surface area contributed by atoms with Crippen LogP contribution in [0.2, 0.25) is 5.02 Å². The van der Waals surface area contributed by atoms with Crippen LogP contribution in [0.5, 0.6) is 0 Å². The maximum absolute atomic E-state index is 6.16. The van der Waals surface area contributed by atoms with E-state index in [0.717, 1.165) is 42.5 Å². The van der Waals surface area contributed by atoms with E-state index in [-0.39, 0.29) is 0 Å². The van der Waals surface area contributed by atoms with Crippen molar-refractivity contribution >= 4 is 17.6 Å². The Hall–Kier alpha value is -2.01. The number of nitrogens with zero attached hydrogens (tertiary/aromatic N) is 3.